The molecule has 4 nitrogen and oxygen atoms in total. The number of rotatable bonds is 4. The highest BCUT2D eigenvalue weighted by molar-refractivity contribution is 7.14. The van der Waals surface area contributed by atoms with Gasteiger partial charge in [0.2, 0.25) is 0 Å². The monoisotopic (exact) mass is 365 g/mol. The van der Waals surface area contributed by atoms with Gasteiger partial charge in [0.1, 0.15) is 0 Å². The zero-order valence-corrected chi connectivity index (χ0v) is 15.8. The summed E-state index contributed by atoms with van der Waals surface area (Å²) in [6.07, 6.45) is 2.52. The van der Waals surface area contributed by atoms with Gasteiger partial charge in [0, 0.05) is 17.5 Å². The first-order chi connectivity index (χ1) is 12.7. The highest BCUT2D eigenvalue weighted by Gasteiger charge is 2.17. The molecule has 1 amide bonds. The first-order valence-electron chi connectivity index (χ1n) is 9.14. The Labute approximate surface area is 157 Å². The minimum Gasteiger partial charge on any atom is -0.298 e. The van der Waals surface area contributed by atoms with E-state index >= 15 is 0 Å². The van der Waals surface area contributed by atoms with Crippen LogP contribution in [0.5, 0.6) is 0 Å². The van der Waals surface area contributed by atoms with Crippen LogP contribution in [0, 0.1) is 5.92 Å². The Balaban J connectivity index is 1.40. The van der Waals surface area contributed by atoms with Gasteiger partial charge in [0.25, 0.3) is 5.91 Å². The molecule has 0 bridgehead atoms. The first kappa shape index (κ1) is 17.2. The number of aromatic nitrogens is 1. The van der Waals surface area contributed by atoms with E-state index in [9.17, 15) is 4.79 Å². The molecule has 1 aliphatic heterocycles. The van der Waals surface area contributed by atoms with E-state index in [2.05, 4.69) is 22.1 Å². The molecule has 2 aromatic carbocycles. The van der Waals surface area contributed by atoms with Gasteiger partial charge >= 0.3 is 0 Å². The maximum Gasteiger partial charge on any atom is 0.257 e. The number of amides is 1. The predicted molar refractivity (Wildman–Crippen MR) is 108 cm³/mol. The van der Waals surface area contributed by atoms with Gasteiger partial charge in [-0.15, -0.1) is 11.3 Å². The fourth-order valence-electron chi connectivity index (χ4n) is 3.39. The van der Waals surface area contributed by atoms with Crippen molar-refractivity contribution in [2.45, 2.75) is 26.3 Å². The second kappa shape index (κ2) is 7.56. The fraction of sp³-hybridized carbons (Fsp3) is 0.333. The third-order valence-corrected chi connectivity index (χ3v) is 5.85. The van der Waals surface area contributed by atoms with Gasteiger partial charge in [-0.25, -0.2) is 4.98 Å². The fourth-order valence-corrected chi connectivity index (χ4v) is 4.08. The zero-order valence-electron chi connectivity index (χ0n) is 14.9. The summed E-state index contributed by atoms with van der Waals surface area (Å²) >= 11 is 1.50. The lowest BCUT2D eigenvalue weighted by Crippen LogP contribution is -2.32. The summed E-state index contributed by atoms with van der Waals surface area (Å²) < 4.78 is 0. The van der Waals surface area contributed by atoms with E-state index in [1.165, 1.54) is 24.2 Å². The van der Waals surface area contributed by atoms with Crippen LogP contribution in [-0.4, -0.2) is 28.9 Å². The Kier molecular flexibility index (Phi) is 5.00. The van der Waals surface area contributed by atoms with Crippen LogP contribution in [0.15, 0.2) is 47.8 Å². The van der Waals surface area contributed by atoms with Gasteiger partial charge in [-0.05, 0) is 54.8 Å². The van der Waals surface area contributed by atoms with Crippen molar-refractivity contribution in [3.63, 3.8) is 0 Å². The summed E-state index contributed by atoms with van der Waals surface area (Å²) in [5, 5.41) is 7.86. The maximum absolute atomic E-state index is 12.5. The van der Waals surface area contributed by atoms with Crippen LogP contribution in [0.3, 0.4) is 0 Å². The molecule has 0 atom stereocenters. The van der Waals surface area contributed by atoms with Crippen LogP contribution in [-0.2, 0) is 6.54 Å². The molecule has 1 N–H and O–H groups in total. The van der Waals surface area contributed by atoms with E-state index in [1.54, 1.807) is 0 Å². The second-order valence-electron chi connectivity index (χ2n) is 7.12. The van der Waals surface area contributed by atoms with Crippen molar-refractivity contribution in [3.8, 4) is 0 Å². The average molecular weight is 366 g/mol. The average Bonchev–Trinajstić information content (AvgIpc) is 3.10. The summed E-state index contributed by atoms with van der Waals surface area (Å²) in [5.74, 6) is 0.724. The number of hydrogen-bond acceptors (Lipinski definition) is 4. The molecule has 134 valence electrons. The number of carbonyl (C=O) groups excluding carboxylic acids is 1. The lowest BCUT2D eigenvalue weighted by molar-refractivity contribution is 0.102. The van der Waals surface area contributed by atoms with Crippen LogP contribution in [0.1, 0.15) is 35.8 Å². The minimum atomic E-state index is -0.108. The SMILES string of the molecule is CC1CCN(Cc2csc(NC(=O)c3ccc4ccccc4c3)n2)CC1. The number of hydrogen-bond donors (Lipinski definition) is 1. The number of anilines is 1. The molecule has 1 aromatic heterocycles. The van der Waals surface area contributed by atoms with Gasteiger partial charge in [-0.2, -0.15) is 0 Å². The number of likely N-dealkylation sites (tertiary alicyclic amines) is 1. The molecule has 0 saturated carbocycles. The summed E-state index contributed by atoms with van der Waals surface area (Å²) in [7, 11) is 0. The van der Waals surface area contributed by atoms with E-state index in [4.69, 9.17) is 0 Å². The molecule has 5 heteroatoms. The number of benzene rings is 2. The number of nitrogens with zero attached hydrogens (tertiary/aromatic N) is 2. The summed E-state index contributed by atoms with van der Waals surface area (Å²) in [6, 6.07) is 13.8. The van der Waals surface area contributed by atoms with Crippen molar-refractivity contribution in [1.29, 1.82) is 0 Å². The lowest BCUT2D eigenvalue weighted by Gasteiger charge is -2.29. The van der Waals surface area contributed by atoms with Crippen molar-refractivity contribution in [2.24, 2.45) is 5.92 Å². The van der Waals surface area contributed by atoms with Crippen molar-refractivity contribution < 1.29 is 4.79 Å². The normalized spacial score (nSPS) is 16.0. The van der Waals surface area contributed by atoms with Gasteiger partial charge in [-0.1, -0.05) is 37.3 Å². The molecule has 0 aliphatic carbocycles. The smallest absolute Gasteiger partial charge is 0.257 e. The third-order valence-electron chi connectivity index (χ3n) is 5.05. The Hall–Kier alpha value is -2.24. The van der Waals surface area contributed by atoms with Crippen molar-refractivity contribution in [1.82, 2.24) is 9.88 Å². The Morgan fingerprint density at radius 2 is 1.96 bits per heavy atom. The molecule has 4 rings (SSSR count). The van der Waals surface area contributed by atoms with E-state index in [-0.39, 0.29) is 5.91 Å². The van der Waals surface area contributed by atoms with Crippen molar-refractivity contribution in [3.05, 3.63) is 59.1 Å². The molecular formula is C21H23N3OS. The number of thiazole rings is 1. The maximum atomic E-state index is 12.5. The molecule has 1 aliphatic rings. The third kappa shape index (κ3) is 3.94. The van der Waals surface area contributed by atoms with Gasteiger partial charge in [-0.3, -0.25) is 15.0 Å². The van der Waals surface area contributed by atoms with Crippen LogP contribution in [0.2, 0.25) is 0 Å². The predicted octanol–water partition coefficient (Wildman–Crippen LogP) is 4.78. The number of nitrogens with one attached hydrogen (secondary N) is 1. The number of piperidine rings is 1. The molecule has 0 radical (unpaired) electrons. The molecular weight excluding hydrogens is 342 g/mol. The Bertz CT molecular complexity index is 912. The van der Waals surface area contributed by atoms with Gasteiger partial charge < -0.3 is 0 Å². The second-order valence-corrected chi connectivity index (χ2v) is 7.98. The van der Waals surface area contributed by atoms with E-state index in [1.807, 2.05) is 47.8 Å². The molecule has 2 heterocycles. The van der Waals surface area contributed by atoms with Gasteiger partial charge in [0.15, 0.2) is 5.13 Å². The molecule has 26 heavy (non-hydrogen) atoms. The summed E-state index contributed by atoms with van der Waals surface area (Å²) in [5.41, 5.74) is 1.70. The topological polar surface area (TPSA) is 45.2 Å². The van der Waals surface area contributed by atoms with Gasteiger partial charge in [0.05, 0.1) is 5.69 Å². The highest BCUT2D eigenvalue weighted by Crippen LogP contribution is 2.22. The van der Waals surface area contributed by atoms with Crippen LogP contribution >= 0.6 is 11.3 Å². The van der Waals surface area contributed by atoms with E-state index in [0.717, 1.165) is 42.0 Å². The molecule has 1 saturated heterocycles. The molecule has 0 spiro atoms. The number of carbonyl (C=O) groups is 1. The minimum absolute atomic E-state index is 0.108. The Morgan fingerprint density at radius 1 is 1.19 bits per heavy atom. The Morgan fingerprint density at radius 3 is 2.77 bits per heavy atom. The quantitative estimate of drug-likeness (QED) is 0.724. The largest absolute Gasteiger partial charge is 0.298 e. The van der Waals surface area contributed by atoms with E-state index < -0.39 is 0 Å². The first-order valence-corrected chi connectivity index (χ1v) is 10.0. The summed E-state index contributed by atoms with van der Waals surface area (Å²) in [6.45, 7) is 5.46. The molecule has 3 aromatic rings. The van der Waals surface area contributed by atoms with Crippen LogP contribution in [0.25, 0.3) is 10.8 Å². The van der Waals surface area contributed by atoms with Crippen molar-refractivity contribution in [2.75, 3.05) is 18.4 Å². The van der Waals surface area contributed by atoms with Crippen LogP contribution < -0.4 is 5.32 Å². The number of fused-ring (bicyclic) bond motifs is 1. The molecule has 1 fully saturated rings. The van der Waals surface area contributed by atoms with Crippen molar-refractivity contribution >= 4 is 33.1 Å². The molecule has 0 unspecified atom stereocenters. The lowest BCUT2D eigenvalue weighted by atomic mass is 9.99. The van der Waals surface area contributed by atoms with E-state index in [0.29, 0.717) is 10.7 Å². The zero-order chi connectivity index (χ0) is 17.9. The van der Waals surface area contributed by atoms with Crippen LogP contribution in [0.4, 0.5) is 5.13 Å². The summed E-state index contributed by atoms with van der Waals surface area (Å²) in [4.78, 5) is 19.6. The highest BCUT2D eigenvalue weighted by atomic mass is 32.1. The standard InChI is InChI=1S/C21H23N3OS/c1-15-8-10-24(11-9-15)13-19-14-26-21(22-19)23-20(25)18-7-6-16-4-2-3-5-17(16)12-18/h2-7,12,14-15H,8-11,13H2,1H3,(H,22,23,25).